The van der Waals surface area contributed by atoms with Crippen LogP contribution in [0, 0.1) is 0 Å². The van der Waals surface area contributed by atoms with Gasteiger partial charge in [0.2, 0.25) is 0 Å². The molecule has 0 bridgehead atoms. The van der Waals surface area contributed by atoms with E-state index in [9.17, 15) is 0 Å². The van der Waals surface area contributed by atoms with Crippen molar-refractivity contribution >= 4 is 5.70 Å². The normalized spacial score (nSPS) is 11.1. The molecule has 1 aromatic heterocycles. The van der Waals surface area contributed by atoms with Gasteiger partial charge in [-0.25, -0.2) is 9.97 Å². The van der Waals surface area contributed by atoms with Gasteiger partial charge in [-0.2, -0.15) is 0 Å². The molecule has 14 heavy (non-hydrogen) atoms. The topological polar surface area (TPSA) is 61.0 Å². The molecule has 0 aromatic carbocycles. The standard InChI is InChI=1S/C10H15N3O/c1-7(11)9-12-5-8(6-13-9)14-10(2,3)4/h5-6H,1,11H2,2-4H3. The minimum absolute atomic E-state index is 0.245. The van der Waals surface area contributed by atoms with Crippen molar-refractivity contribution in [2.45, 2.75) is 26.4 Å². The molecule has 4 nitrogen and oxygen atoms in total. The van der Waals surface area contributed by atoms with Crippen LogP contribution in [0.15, 0.2) is 19.0 Å². The van der Waals surface area contributed by atoms with Crippen LogP contribution in [0.3, 0.4) is 0 Å². The van der Waals surface area contributed by atoms with Crippen molar-refractivity contribution in [1.82, 2.24) is 9.97 Å². The van der Waals surface area contributed by atoms with Gasteiger partial charge in [-0.15, -0.1) is 0 Å². The highest BCUT2D eigenvalue weighted by Gasteiger charge is 2.12. The Morgan fingerprint density at radius 2 is 1.86 bits per heavy atom. The lowest BCUT2D eigenvalue weighted by Gasteiger charge is -2.20. The molecule has 1 aromatic rings. The summed E-state index contributed by atoms with van der Waals surface area (Å²) in [5, 5.41) is 0. The highest BCUT2D eigenvalue weighted by Crippen LogP contribution is 2.15. The molecule has 0 saturated carbocycles. The van der Waals surface area contributed by atoms with Gasteiger partial charge in [-0.3, -0.25) is 0 Å². The molecule has 0 aliphatic heterocycles. The monoisotopic (exact) mass is 193 g/mol. The first-order chi connectivity index (χ1) is 6.38. The number of hydrogen-bond donors (Lipinski definition) is 1. The summed E-state index contributed by atoms with van der Waals surface area (Å²) in [6.07, 6.45) is 3.18. The third-order valence-corrected chi connectivity index (χ3v) is 1.34. The van der Waals surface area contributed by atoms with Gasteiger partial charge in [-0.1, -0.05) is 6.58 Å². The van der Waals surface area contributed by atoms with Crippen LogP contribution in [0.25, 0.3) is 5.70 Å². The summed E-state index contributed by atoms with van der Waals surface area (Å²) in [6.45, 7) is 9.42. The van der Waals surface area contributed by atoms with Crippen molar-refractivity contribution in [2.24, 2.45) is 5.73 Å². The number of ether oxygens (including phenoxy) is 1. The summed E-state index contributed by atoms with van der Waals surface area (Å²) in [4.78, 5) is 8.00. The zero-order valence-electron chi connectivity index (χ0n) is 8.74. The van der Waals surface area contributed by atoms with Gasteiger partial charge in [0.1, 0.15) is 5.60 Å². The molecule has 76 valence electrons. The Bertz CT molecular complexity index is 324. The maximum absolute atomic E-state index is 5.54. The van der Waals surface area contributed by atoms with Crippen molar-refractivity contribution in [3.8, 4) is 5.75 Å². The SMILES string of the molecule is C=C(N)c1ncc(OC(C)(C)C)cn1. The summed E-state index contributed by atoms with van der Waals surface area (Å²) in [7, 11) is 0. The van der Waals surface area contributed by atoms with E-state index in [1.54, 1.807) is 12.4 Å². The van der Waals surface area contributed by atoms with E-state index in [4.69, 9.17) is 10.5 Å². The fourth-order valence-electron chi connectivity index (χ4n) is 0.888. The molecule has 0 spiro atoms. The second-order valence-corrected chi connectivity index (χ2v) is 3.98. The maximum Gasteiger partial charge on any atom is 0.174 e. The Labute approximate surface area is 83.8 Å². The average molecular weight is 193 g/mol. The Kier molecular flexibility index (Phi) is 2.74. The molecule has 2 N–H and O–H groups in total. The molecule has 0 unspecified atom stereocenters. The van der Waals surface area contributed by atoms with Gasteiger partial charge in [0.25, 0.3) is 0 Å². The molecule has 0 atom stereocenters. The number of aromatic nitrogens is 2. The van der Waals surface area contributed by atoms with E-state index < -0.39 is 0 Å². The first-order valence-electron chi connectivity index (χ1n) is 4.34. The second kappa shape index (κ2) is 3.65. The van der Waals surface area contributed by atoms with Gasteiger partial charge in [0, 0.05) is 0 Å². The quantitative estimate of drug-likeness (QED) is 0.774. The molecule has 0 aliphatic rings. The van der Waals surface area contributed by atoms with Gasteiger partial charge >= 0.3 is 0 Å². The molecule has 0 aliphatic carbocycles. The number of hydrogen-bond acceptors (Lipinski definition) is 4. The summed E-state index contributed by atoms with van der Waals surface area (Å²) in [5.41, 5.74) is 5.54. The van der Waals surface area contributed by atoms with Crippen LogP contribution >= 0.6 is 0 Å². The lowest BCUT2D eigenvalue weighted by molar-refractivity contribution is 0.129. The van der Waals surface area contributed by atoms with Crippen molar-refractivity contribution in [1.29, 1.82) is 0 Å². The predicted molar refractivity (Wildman–Crippen MR) is 55.6 cm³/mol. The number of rotatable bonds is 2. The van der Waals surface area contributed by atoms with Crippen molar-refractivity contribution < 1.29 is 4.74 Å². The van der Waals surface area contributed by atoms with E-state index in [-0.39, 0.29) is 5.60 Å². The fraction of sp³-hybridized carbons (Fsp3) is 0.400. The van der Waals surface area contributed by atoms with Crippen LogP contribution in [-0.2, 0) is 0 Å². The minimum Gasteiger partial charge on any atom is -0.485 e. The summed E-state index contributed by atoms with van der Waals surface area (Å²) >= 11 is 0. The van der Waals surface area contributed by atoms with E-state index >= 15 is 0 Å². The second-order valence-electron chi connectivity index (χ2n) is 3.98. The molecule has 0 fully saturated rings. The lowest BCUT2D eigenvalue weighted by Crippen LogP contribution is -2.23. The van der Waals surface area contributed by atoms with Crippen LogP contribution in [0.2, 0.25) is 0 Å². The summed E-state index contributed by atoms with van der Waals surface area (Å²) < 4.78 is 5.54. The Hall–Kier alpha value is -1.58. The van der Waals surface area contributed by atoms with Crippen LogP contribution in [-0.4, -0.2) is 15.6 Å². The molecular formula is C10H15N3O. The Morgan fingerprint density at radius 3 is 2.21 bits per heavy atom. The first kappa shape index (κ1) is 10.5. The zero-order valence-corrected chi connectivity index (χ0v) is 8.74. The van der Waals surface area contributed by atoms with E-state index in [1.165, 1.54) is 0 Å². The van der Waals surface area contributed by atoms with E-state index in [1.807, 2.05) is 20.8 Å². The number of nitrogens with two attached hydrogens (primary N) is 1. The largest absolute Gasteiger partial charge is 0.485 e. The third-order valence-electron chi connectivity index (χ3n) is 1.34. The van der Waals surface area contributed by atoms with Gasteiger partial charge in [0.05, 0.1) is 18.1 Å². The minimum atomic E-state index is -0.245. The van der Waals surface area contributed by atoms with E-state index in [0.717, 1.165) is 0 Å². The highest BCUT2D eigenvalue weighted by molar-refractivity contribution is 5.52. The lowest BCUT2D eigenvalue weighted by atomic mass is 10.2. The molecular weight excluding hydrogens is 178 g/mol. The average Bonchev–Trinajstić information content (AvgIpc) is 2.02. The highest BCUT2D eigenvalue weighted by atomic mass is 16.5. The van der Waals surface area contributed by atoms with Gasteiger partial charge in [-0.05, 0) is 20.8 Å². The summed E-state index contributed by atoms with van der Waals surface area (Å²) in [6, 6.07) is 0. The molecule has 1 heterocycles. The molecule has 0 amide bonds. The molecule has 1 rings (SSSR count). The van der Waals surface area contributed by atoms with Crippen LogP contribution in [0.4, 0.5) is 0 Å². The van der Waals surface area contributed by atoms with Gasteiger partial charge in [0.15, 0.2) is 11.6 Å². The van der Waals surface area contributed by atoms with Crippen LogP contribution in [0.1, 0.15) is 26.6 Å². The Morgan fingerprint density at radius 1 is 1.36 bits per heavy atom. The fourth-order valence-corrected chi connectivity index (χ4v) is 0.888. The third kappa shape index (κ3) is 3.05. The summed E-state index contributed by atoms with van der Waals surface area (Å²) in [5.74, 6) is 1.06. The van der Waals surface area contributed by atoms with Crippen LogP contribution < -0.4 is 10.5 Å². The van der Waals surface area contributed by atoms with Gasteiger partial charge < -0.3 is 10.5 Å². The van der Waals surface area contributed by atoms with Crippen LogP contribution in [0.5, 0.6) is 5.75 Å². The molecule has 0 radical (unpaired) electrons. The zero-order chi connectivity index (χ0) is 10.8. The number of nitrogens with zero attached hydrogens (tertiary/aromatic N) is 2. The van der Waals surface area contributed by atoms with Crippen molar-refractivity contribution in [3.63, 3.8) is 0 Å². The van der Waals surface area contributed by atoms with E-state index in [0.29, 0.717) is 17.3 Å². The molecule has 0 saturated heterocycles. The van der Waals surface area contributed by atoms with E-state index in [2.05, 4.69) is 16.5 Å². The maximum atomic E-state index is 5.54. The van der Waals surface area contributed by atoms with Crippen molar-refractivity contribution in [2.75, 3.05) is 0 Å². The first-order valence-corrected chi connectivity index (χ1v) is 4.34. The Balaban J connectivity index is 2.79. The molecule has 4 heteroatoms. The predicted octanol–water partition coefficient (Wildman–Crippen LogP) is 1.58. The smallest absolute Gasteiger partial charge is 0.174 e. The van der Waals surface area contributed by atoms with Crippen molar-refractivity contribution in [3.05, 3.63) is 24.8 Å².